The van der Waals surface area contributed by atoms with Crippen molar-refractivity contribution in [3.63, 3.8) is 0 Å². The summed E-state index contributed by atoms with van der Waals surface area (Å²) in [5, 5.41) is 12.3. The van der Waals surface area contributed by atoms with E-state index in [-0.39, 0.29) is 12.1 Å². The molecule has 1 aliphatic rings. The molecule has 132 valence electrons. The van der Waals surface area contributed by atoms with Gasteiger partial charge < -0.3 is 15.3 Å². The molecule has 3 rings (SSSR count). The van der Waals surface area contributed by atoms with Crippen LogP contribution in [0.4, 0.5) is 4.79 Å². The van der Waals surface area contributed by atoms with E-state index in [9.17, 15) is 9.90 Å². The van der Waals surface area contributed by atoms with Gasteiger partial charge in [-0.05, 0) is 41.9 Å². The van der Waals surface area contributed by atoms with E-state index in [2.05, 4.69) is 41.7 Å². The maximum Gasteiger partial charge on any atom is 0.317 e. The van der Waals surface area contributed by atoms with E-state index >= 15 is 0 Å². The Morgan fingerprint density at radius 3 is 2.36 bits per heavy atom. The van der Waals surface area contributed by atoms with Gasteiger partial charge in [-0.15, -0.1) is 0 Å². The van der Waals surface area contributed by atoms with Crippen LogP contribution in [0.2, 0.25) is 0 Å². The molecule has 1 saturated carbocycles. The van der Waals surface area contributed by atoms with Gasteiger partial charge in [0, 0.05) is 20.1 Å². The maximum atomic E-state index is 12.1. The Labute approximate surface area is 149 Å². The van der Waals surface area contributed by atoms with Gasteiger partial charge >= 0.3 is 6.03 Å². The quantitative estimate of drug-likeness (QED) is 0.849. The molecule has 0 aliphatic heterocycles. The van der Waals surface area contributed by atoms with Crippen molar-refractivity contribution in [1.82, 2.24) is 10.2 Å². The summed E-state index contributed by atoms with van der Waals surface area (Å²) in [6, 6.07) is 18.8. The zero-order chi connectivity index (χ0) is 17.6. The summed E-state index contributed by atoms with van der Waals surface area (Å²) in [6.45, 7) is 1.34. The molecule has 1 aliphatic carbocycles. The first kappa shape index (κ1) is 17.5. The molecule has 2 amide bonds. The summed E-state index contributed by atoms with van der Waals surface area (Å²) in [5.41, 5.74) is 3.63. The molecule has 0 heterocycles. The Morgan fingerprint density at radius 2 is 1.72 bits per heavy atom. The number of hydrogen-bond acceptors (Lipinski definition) is 2. The van der Waals surface area contributed by atoms with E-state index in [0.717, 1.165) is 19.3 Å². The lowest BCUT2D eigenvalue weighted by molar-refractivity contribution is 0.0325. The zero-order valence-corrected chi connectivity index (χ0v) is 14.7. The summed E-state index contributed by atoms with van der Waals surface area (Å²) in [6.07, 6.45) is 2.27. The van der Waals surface area contributed by atoms with Gasteiger partial charge in [-0.2, -0.15) is 0 Å². The van der Waals surface area contributed by atoms with E-state index in [4.69, 9.17) is 0 Å². The van der Waals surface area contributed by atoms with E-state index < -0.39 is 0 Å². The largest absolute Gasteiger partial charge is 0.393 e. The lowest BCUT2D eigenvalue weighted by Gasteiger charge is -2.34. The molecule has 0 unspecified atom stereocenters. The number of rotatable bonds is 6. The highest BCUT2D eigenvalue weighted by molar-refractivity contribution is 5.73. The van der Waals surface area contributed by atoms with Crippen LogP contribution in [0.1, 0.15) is 18.4 Å². The summed E-state index contributed by atoms with van der Waals surface area (Å²) >= 11 is 0. The molecule has 0 radical (unpaired) electrons. The zero-order valence-electron chi connectivity index (χ0n) is 14.7. The molecule has 25 heavy (non-hydrogen) atoms. The molecule has 0 bridgehead atoms. The monoisotopic (exact) mass is 338 g/mol. The van der Waals surface area contributed by atoms with Crippen LogP contribution < -0.4 is 5.32 Å². The second-order valence-corrected chi connectivity index (χ2v) is 6.92. The molecule has 0 saturated heterocycles. The average molecular weight is 338 g/mol. The van der Waals surface area contributed by atoms with Crippen LogP contribution >= 0.6 is 0 Å². The highest BCUT2D eigenvalue weighted by atomic mass is 16.3. The standard InChI is InChI=1S/C21H26N2O2/c1-23(15-17-13-20(24)14-17)21(25)22-12-11-16-7-9-19(10-8-16)18-5-3-2-4-6-18/h2-10,17,20,24H,11-15H2,1H3,(H,22,25). The fourth-order valence-corrected chi connectivity index (χ4v) is 3.26. The van der Waals surface area contributed by atoms with Crippen LogP contribution in [0.3, 0.4) is 0 Å². The topological polar surface area (TPSA) is 52.6 Å². The number of benzene rings is 2. The van der Waals surface area contributed by atoms with Gasteiger partial charge in [0.25, 0.3) is 0 Å². The molecule has 0 atom stereocenters. The van der Waals surface area contributed by atoms with Gasteiger partial charge in [0.15, 0.2) is 0 Å². The number of carbonyl (C=O) groups is 1. The Kier molecular flexibility index (Phi) is 5.71. The molecule has 0 spiro atoms. The summed E-state index contributed by atoms with van der Waals surface area (Å²) in [7, 11) is 1.81. The van der Waals surface area contributed by atoms with Crippen LogP contribution in [-0.4, -0.2) is 42.3 Å². The number of nitrogens with one attached hydrogen (secondary N) is 1. The lowest BCUT2D eigenvalue weighted by Crippen LogP contribution is -2.44. The van der Waals surface area contributed by atoms with Crippen molar-refractivity contribution >= 4 is 6.03 Å². The maximum absolute atomic E-state index is 12.1. The van der Waals surface area contributed by atoms with Gasteiger partial charge in [-0.25, -0.2) is 4.79 Å². The van der Waals surface area contributed by atoms with Crippen molar-refractivity contribution in [3.05, 3.63) is 60.2 Å². The minimum Gasteiger partial charge on any atom is -0.393 e. The van der Waals surface area contributed by atoms with Crippen LogP contribution in [0.25, 0.3) is 11.1 Å². The summed E-state index contributed by atoms with van der Waals surface area (Å²) in [4.78, 5) is 13.8. The number of aliphatic hydroxyl groups excluding tert-OH is 1. The van der Waals surface area contributed by atoms with Crippen molar-refractivity contribution in [1.29, 1.82) is 0 Å². The van der Waals surface area contributed by atoms with Crippen molar-refractivity contribution < 1.29 is 9.90 Å². The predicted octanol–water partition coefficient (Wildman–Crippen LogP) is 3.31. The number of urea groups is 1. The van der Waals surface area contributed by atoms with Crippen LogP contribution in [0.5, 0.6) is 0 Å². The average Bonchev–Trinajstić information content (AvgIpc) is 2.61. The summed E-state index contributed by atoms with van der Waals surface area (Å²) in [5.74, 6) is 0.441. The highest BCUT2D eigenvalue weighted by Gasteiger charge is 2.28. The molecular weight excluding hydrogens is 312 g/mol. The van der Waals surface area contributed by atoms with E-state index in [0.29, 0.717) is 19.0 Å². The Hall–Kier alpha value is -2.33. The number of carbonyl (C=O) groups excluding carboxylic acids is 1. The first-order chi connectivity index (χ1) is 12.1. The van der Waals surface area contributed by atoms with Gasteiger partial charge in [-0.3, -0.25) is 0 Å². The molecule has 2 aromatic rings. The van der Waals surface area contributed by atoms with Gasteiger partial charge in [-0.1, -0.05) is 54.6 Å². The van der Waals surface area contributed by atoms with E-state index in [1.165, 1.54) is 16.7 Å². The Balaban J connectivity index is 1.42. The van der Waals surface area contributed by atoms with Gasteiger partial charge in [0.2, 0.25) is 0 Å². The molecule has 1 fully saturated rings. The lowest BCUT2D eigenvalue weighted by atomic mass is 9.82. The SMILES string of the molecule is CN(CC1CC(O)C1)C(=O)NCCc1ccc(-c2ccccc2)cc1. The normalized spacial score (nSPS) is 19.1. The fourth-order valence-electron chi connectivity index (χ4n) is 3.26. The second-order valence-electron chi connectivity index (χ2n) is 6.92. The highest BCUT2D eigenvalue weighted by Crippen LogP contribution is 2.27. The minimum atomic E-state index is -0.166. The number of nitrogens with zero attached hydrogens (tertiary/aromatic N) is 1. The van der Waals surface area contributed by atoms with Crippen LogP contribution in [-0.2, 0) is 6.42 Å². The molecule has 4 heteroatoms. The van der Waals surface area contributed by atoms with E-state index in [1.54, 1.807) is 4.90 Å². The van der Waals surface area contributed by atoms with Crippen molar-refractivity contribution in [2.75, 3.05) is 20.1 Å². The first-order valence-corrected chi connectivity index (χ1v) is 8.93. The number of amides is 2. The number of aliphatic hydroxyl groups is 1. The van der Waals surface area contributed by atoms with Crippen molar-refractivity contribution in [3.8, 4) is 11.1 Å². The summed E-state index contributed by atoms with van der Waals surface area (Å²) < 4.78 is 0. The molecule has 0 aromatic heterocycles. The first-order valence-electron chi connectivity index (χ1n) is 8.93. The second kappa shape index (κ2) is 8.17. The molecule has 2 aromatic carbocycles. The van der Waals surface area contributed by atoms with Crippen LogP contribution in [0, 0.1) is 5.92 Å². The fraction of sp³-hybridized carbons (Fsp3) is 0.381. The third-order valence-electron chi connectivity index (χ3n) is 4.84. The predicted molar refractivity (Wildman–Crippen MR) is 100 cm³/mol. The van der Waals surface area contributed by atoms with Crippen molar-refractivity contribution in [2.24, 2.45) is 5.92 Å². The van der Waals surface area contributed by atoms with Gasteiger partial charge in [0.1, 0.15) is 0 Å². The molecule has 2 N–H and O–H groups in total. The number of hydrogen-bond donors (Lipinski definition) is 2. The van der Waals surface area contributed by atoms with E-state index in [1.807, 2.05) is 25.2 Å². The Morgan fingerprint density at radius 1 is 1.08 bits per heavy atom. The Bertz CT molecular complexity index is 679. The third-order valence-corrected chi connectivity index (χ3v) is 4.84. The van der Waals surface area contributed by atoms with Crippen molar-refractivity contribution in [2.45, 2.75) is 25.4 Å². The molecular formula is C21H26N2O2. The third kappa shape index (κ3) is 4.83. The van der Waals surface area contributed by atoms with Gasteiger partial charge in [0.05, 0.1) is 6.10 Å². The van der Waals surface area contributed by atoms with Crippen LogP contribution in [0.15, 0.2) is 54.6 Å². The molecule has 4 nitrogen and oxygen atoms in total. The smallest absolute Gasteiger partial charge is 0.317 e. The minimum absolute atomic E-state index is 0.0395.